The summed E-state index contributed by atoms with van der Waals surface area (Å²) in [5.41, 5.74) is 0.859. The van der Waals surface area contributed by atoms with Crippen LogP contribution < -0.4 is 9.46 Å². The lowest BCUT2D eigenvalue weighted by molar-refractivity contribution is 0.184. The maximum absolute atomic E-state index is 11.3. The van der Waals surface area contributed by atoms with Crippen LogP contribution in [-0.4, -0.2) is 55.5 Å². The summed E-state index contributed by atoms with van der Waals surface area (Å²) in [6.45, 7) is 4.99. The predicted molar refractivity (Wildman–Crippen MR) is 106 cm³/mol. The fraction of sp³-hybridized carbons (Fsp3) is 0.579. The molecule has 2 heterocycles. The summed E-state index contributed by atoms with van der Waals surface area (Å²) in [6.07, 6.45) is 4.88. The Bertz CT molecular complexity index is 843. The molecule has 1 aliphatic heterocycles. The van der Waals surface area contributed by atoms with Crippen LogP contribution in [0.2, 0.25) is 0 Å². The van der Waals surface area contributed by atoms with E-state index in [1.165, 1.54) is 6.26 Å². The smallest absolute Gasteiger partial charge is 0.247 e. The Morgan fingerprint density at radius 3 is 2.57 bits per heavy atom. The van der Waals surface area contributed by atoms with Crippen molar-refractivity contribution in [2.75, 3.05) is 26.0 Å². The van der Waals surface area contributed by atoms with Crippen LogP contribution in [0, 0.1) is 0 Å². The van der Waals surface area contributed by atoms with Gasteiger partial charge < -0.3 is 9.15 Å². The number of ether oxygens (including phenoxy) is 1. The van der Waals surface area contributed by atoms with Gasteiger partial charge in [-0.2, -0.15) is 0 Å². The second-order valence-electron chi connectivity index (χ2n) is 7.17. The van der Waals surface area contributed by atoms with Gasteiger partial charge in [-0.1, -0.05) is 13.3 Å². The molecule has 1 aliphatic rings. The van der Waals surface area contributed by atoms with Gasteiger partial charge >= 0.3 is 0 Å². The monoisotopic (exact) mass is 408 g/mol. The standard InChI is InChI=1S/C19H28N4O4S/c1-3-4-13-26-17-7-5-15(6-8-17)19-21-20-18(27-19)14-23-11-9-16(10-12-23)22-28(2,24)25/h5-8,16,22H,3-4,9-14H2,1-2H3. The van der Waals surface area contributed by atoms with Crippen LogP contribution in [0.5, 0.6) is 5.75 Å². The van der Waals surface area contributed by atoms with Crippen LogP contribution in [-0.2, 0) is 16.6 Å². The zero-order chi connectivity index (χ0) is 20.0. The van der Waals surface area contributed by atoms with Gasteiger partial charge in [0.05, 0.1) is 19.4 Å². The number of nitrogens with zero attached hydrogens (tertiary/aromatic N) is 3. The number of hydrogen-bond acceptors (Lipinski definition) is 7. The molecule has 1 N–H and O–H groups in total. The molecule has 3 rings (SSSR count). The van der Waals surface area contributed by atoms with E-state index in [-0.39, 0.29) is 6.04 Å². The summed E-state index contributed by atoms with van der Waals surface area (Å²) in [6, 6.07) is 7.66. The van der Waals surface area contributed by atoms with Gasteiger partial charge in [0.2, 0.25) is 21.8 Å². The first-order chi connectivity index (χ1) is 13.4. The zero-order valence-electron chi connectivity index (χ0n) is 16.4. The highest BCUT2D eigenvalue weighted by Crippen LogP contribution is 2.22. The highest BCUT2D eigenvalue weighted by atomic mass is 32.2. The van der Waals surface area contributed by atoms with Crippen LogP contribution in [0.15, 0.2) is 28.7 Å². The van der Waals surface area contributed by atoms with E-state index in [0.29, 0.717) is 18.3 Å². The molecule has 154 valence electrons. The second-order valence-corrected chi connectivity index (χ2v) is 8.95. The Kier molecular flexibility index (Phi) is 7.03. The van der Waals surface area contributed by atoms with Crippen molar-refractivity contribution in [3.05, 3.63) is 30.2 Å². The van der Waals surface area contributed by atoms with Crippen molar-refractivity contribution in [1.82, 2.24) is 19.8 Å². The van der Waals surface area contributed by atoms with E-state index in [2.05, 4.69) is 26.7 Å². The van der Waals surface area contributed by atoms with Crippen molar-refractivity contribution in [3.63, 3.8) is 0 Å². The van der Waals surface area contributed by atoms with Crippen LogP contribution in [0.4, 0.5) is 0 Å². The normalized spacial score (nSPS) is 16.4. The van der Waals surface area contributed by atoms with Crippen LogP contribution in [0.3, 0.4) is 0 Å². The van der Waals surface area contributed by atoms with Gasteiger partial charge in [0, 0.05) is 24.7 Å². The molecule has 0 amide bonds. The minimum absolute atomic E-state index is 0.00237. The fourth-order valence-corrected chi connectivity index (χ4v) is 4.01. The fourth-order valence-electron chi connectivity index (χ4n) is 3.17. The molecule has 9 heteroatoms. The summed E-state index contributed by atoms with van der Waals surface area (Å²) in [4.78, 5) is 2.20. The Hall–Kier alpha value is -1.97. The van der Waals surface area contributed by atoms with E-state index in [1.54, 1.807) is 0 Å². The molecule has 0 spiro atoms. The first kappa shape index (κ1) is 20.8. The van der Waals surface area contributed by atoms with Gasteiger partial charge in [-0.25, -0.2) is 13.1 Å². The largest absolute Gasteiger partial charge is 0.494 e. The number of aromatic nitrogens is 2. The maximum atomic E-state index is 11.3. The number of benzene rings is 1. The van der Waals surface area contributed by atoms with Crippen molar-refractivity contribution in [2.24, 2.45) is 0 Å². The molecule has 2 aromatic rings. The van der Waals surface area contributed by atoms with E-state index in [9.17, 15) is 8.42 Å². The average molecular weight is 409 g/mol. The van der Waals surface area contributed by atoms with Crippen molar-refractivity contribution >= 4 is 10.0 Å². The molecule has 1 aromatic heterocycles. The molecule has 0 radical (unpaired) electrons. The Balaban J connectivity index is 1.51. The van der Waals surface area contributed by atoms with Gasteiger partial charge in [0.25, 0.3) is 0 Å². The Morgan fingerprint density at radius 1 is 1.21 bits per heavy atom. The van der Waals surface area contributed by atoms with Gasteiger partial charge in [-0.05, 0) is 43.5 Å². The molecule has 1 fully saturated rings. The van der Waals surface area contributed by atoms with E-state index < -0.39 is 10.0 Å². The molecule has 0 atom stereocenters. The van der Waals surface area contributed by atoms with Crippen LogP contribution >= 0.6 is 0 Å². The molecule has 1 aromatic carbocycles. The zero-order valence-corrected chi connectivity index (χ0v) is 17.2. The average Bonchev–Trinajstić information content (AvgIpc) is 3.11. The first-order valence-corrected chi connectivity index (χ1v) is 11.6. The number of rotatable bonds is 9. The molecular weight excluding hydrogens is 380 g/mol. The lowest BCUT2D eigenvalue weighted by Gasteiger charge is -2.30. The summed E-state index contributed by atoms with van der Waals surface area (Å²) in [5, 5.41) is 8.29. The van der Waals surface area contributed by atoms with Crippen molar-refractivity contribution in [1.29, 1.82) is 0 Å². The summed E-state index contributed by atoms with van der Waals surface area (Å²) < 4.78 is 36.8. The number of nitrogens with one attached hydrogen (secondary N) is 1. The summed E-state index contributed by atoms with van der Waals surface area (Å²) in [7, 11) is -3.16. The molecular formula is C19H28N4O4S. The third-order valence-electron chi connectivity index (χ3n) is 4.66. The van der Waals surface area contributed by atoms with E-state index in [1.807, 2.05) is 24.3 Å². The highest BCUT2D eigenvalue weighted by molar-refractivity contribution is 7.88. The Labute approximate surface area is 166 Å². The molecule has 1 saturated heterocycles. The number of piperidine rings is 1. The van der Waals surface area contributed by atoms with Crippen molar-refractivity contribution in [2.45, 2.75) is 45.2 Å². The Morgan fingerprint density at radius 2 is 1.93 bits per heavy atom. The van der Waals surface area contributed by atoms with Gasteiger partial charge in [0.15, 0.2) is 0 Å². The van der Waals surface area contributed by atoms with Gasteiger partial charge in [-0.15, -0.1) is 10.2 Å². The quantitative estimate of drug-likeness (QED) is 0.636. The minimum atomic E-state index is -3.16. The van der Waals surface area contributed by atoms with E-state index in [4.69, 9.17) is 9.15 Å². The molecule has 28 heavy (non-hydrogen) atoms. The lowest BCUT2D eigenvalue weighted by atomic mass is 10.1. The number of sulfonamides is 1. The topological polar surface area (TPSA) is 97.6 Å². The van der Waals surface area contributed by atoms with Gasteiger partial charge in [0.1, 0.15) is 5.75 Å². The van der Waals surface area contributed by atoms with E-state index >= 15 is 0 Å². The molecule has 8 nitrogen and oxygen atoms in total. The molecule has 0 bridgehead atoms. The molecule has 0 aliphatic carbocycles. The van der Waals surface area contributed by atoms with Gasteiger partial charge in [-0.3, -0.25) is 4.90 Å². The molecule has 0 saturated carbocycles. The minimum Gasteiger partial charge on any atom is -0.494 e. The summed E-state index contributed by atoms with van der Waals surface area (Å²) in [5.74, 6) is 1.89. The van der Waals surface area contributed by atoms with Crippen LogP contribution in [0.25, 0.3) is 11.5 Å². The third-order valence-corrected chi connectivity index (χ3v) is 5.42. The number of hydrogen-bond donors (Lipinski definition) is 1. The van der Waals surface area contributed by atoms with Crippen LogP contribution in [0.1, 0.15) is 38.5 Å². The predicted octanol–water partition coefficient (Wildman–Crippen LogP) is 2.43. The first-order valence-electron chi connectivity index (χ1n) is 9.68. The summed E-state index contributed by atoms with van der Waals surface area (Å²) >= 11 is 0. The SMILES string of the molecule is CCCCOc1ccc(-c2nnc(CN3CCC(NS(C)(=O)=O)CC3)o2)cc1. The van der Waals surface area contributed by atoms with E-state index in [0.717, 1.165) is 56.7 Å². The highest BCUT2D eigenvalue weighted by Gasteiger charge is 2.23. The second kappa shape index (κ2) is 9.49. The number of likely N-dealkylation sites (tertiary alicyclic amines) is 1. The number of unbranched alkanes of at least 4 members (excludes halogenated alkanes) is 1. The van der Waals surface area contributed by atoms with Crippen molar-refractivity contribution < 1.29 is 17.6 Å². The molecule has 0 unspecified atom stereocenters. The lowest BCUT2D eigenvalue weighted by Crippen LogP contribution is -2.43. The van der Waals surface area contributed by atoms with Crippen molar-refractivity contribution in [3.8, 4) is 17.2 Å². The third kappa shape index (κ3) is 6.29. The maximum Gasteiger partial charge on any atom is 0.247 e.